The van der Waals surface area contributed by atoms with Gasteiger partial charge in [0.25, 0.3) is 0 Å². The monoisotopic (exact) mass is 260 g/mol. The predicted molar refractivity (Wildman–Crippen MR) is 82.3 cm³/mol. The van der Waals surface area contributed by atoms with E-state index in [1.54, 1.807) is 0 Å². The van der Waals surface area contributed by atoms with Crippen molar-refractivity contribution in [2.75, 3.05) is 19.6 Å². The lowest BCUT2D eigenvalue weighted by Crippen LogP contribution is -2.37. The Hall–Kier alpha value is -0.860. The molecule has 0 saturated heterocycles. The van der Waals surface area contributed by atoms with Crippen molar-refractivity contribution in [3.63, 3.8) is 0 Å². The van der Waals surface area contributed by atoms with E-state index in [1.165, 1.54) is 42.5 Å². The van der Waals surface area contributed by atoms with Crippen LogP contribution in [0.1, 0.15) is 48.9 Å². The average molecular weight is 260 g/mol. The smallest absolute Gasteiger partial charge is 0.0424 e. The maximum atomic E-state index is 6.38. The van der Waals surface area contributed by atoms with Crippen molar-refractivity contribution in [2.24, 2.45) is 11.7 Å². The number of nitrogens with two attached hydrogens (primary N) is 1. The van der Waals surface area contributed by atoms with Gasteiger partial charge in [0.05, 0.1) is 0 Å². The summed E-state index contributed by atoms with van der Waals surface area (Å²) >= 11 is 0. The second kappa shape index (κ2) is 6.53. The molecule has 2 nitrogen and oxygen atoms in total. The van der Waals surface area contributed by atoms with Gasteiger partial charge < -0.3 is 10.6 Å². The van der Waals surface area contributed by atoms with E-state index in [0.29, 0.717) is 0 Å². The molecule has 0 aliphatic heterocycles. The lowest BCUT2D eigenvalue weighted by atomic mass is 9.85. The molecule has 19 heavy (non-hydrogen) atoms. The molecule has 1 aliphatic carbocycles. The van der Waals surface area contributed by atoms with Crippen LogP contribution in [-0.2, 0) is 0 Å². The number of rotatable bonds is 6. The van der Waals surface area contributed by atoms with Crippen LogP contribution in [0.5, 0.6) is 0 Å². The number of nitrogens with zero attached hydrogens (tertiary/aromatic N) is 1. The fraction of sp³-hybridized carbons (Fsp3) is 0.647. The number of hydrogen-bond donors (Lipinski definition) is 1. The zero-order valence-corrected chi connectivity index (χ0v) is 12.7. The van der Waals surface area contributed by atoms with Crippen LogP contribution in [0.2, 0.25) is 0 Å². The lowest BCUT2D eigenvalue weighted by Gasteiger charge is -2.33. The number of hydrogen-bond acceptors (Lipinski definition) is 2. The molecule has 0 aromatic heterocycles. The van der Waals surface area contributed by atoms with E-state index in [0.717, 1.165) is 19.0 Å². The topological polar surface area (TPSA) is 29.3 Å². The van der Waals surface area contributed by atoms with E-state index in [9.17, 15) is 0 Å². The summed E-state index contributed by atoms with van der Waals surface area (Å²) in [6.07, 6.45) is 4.25. The van der Waals surface area contributed by atoms with E-state index in [-0.39, 0.29) is 6.04 Å². The summed E-state index contributed by atoms with van der Waals surface area (Å²) in [6.45, 7) is 9.88. The third-order valence-corrected chi connectivity index (χ3v) is 4.60. The molecule has 0 radical (unpaired) electrons. The van der Waals surface area contributed by atoms with Gasteiger partial charge in [-0.2, -0.15) is 0 Å². The van der Waals surface area contributed by atoms with Crippen LogP contribution in [0.25, 0.3) is 0 Å². The van der Waals surface area contributed by atoms with E-state index in [1.807, 2.05) is 0 Å². The van der Waals surface area contributed by atoms with Gasteiger partial charge in [-0.05, 0) is 55.8 Å². The zero-order chi connectivity index (χ0) is 13.8. The Balaban J connectivity index is 1.93. The molecular weight excluding hydrogens is 232 g/mol. The highest BCUT2D eigenvalue weighted by Gasteiger charge is 2.21. The first-order valence-electron chi connectivity index (χ1n) is 7.65. The largest absolute Gasteiger partial charge is 0.323 e. The van der Waals surface area contributed by atoms with Crippen molar-refractivity contribution >= 4 is 0 Å². The predicted octanol–water partition coefficient (Wildman–Crippen LogP) is 3.43. The molecule has 1 aliphatic rings. The molecule has 0 amide bonds. The summed E-state index contributed by atoms with van der Waals surface area (Å²) in [5.74, 6) is 0.923. The Morgan fingerprint density at radius 1 is 1.26 bits per heavy atom. The summed E-state index contributed by atoms with van der Waals surface area (Å²) in [6, 6.07) is 6.76. The van der Waals surface area contributed by atoms with Crippen molar-refractivity contribution in [2.45, 2.75) is 46.1 Å². The fourth-order valence-corrected chi connectivity index (χ4v) is 2.75. The maximum Gasteiger partial charge on any atom is 0.0424 e. The van der Waals surface area contributed by atoms with Crippen LogP contribution < -0.4 is 5.73 Å². The van der Waals surface area contributed by atoms with Gasteiger partial charge in [0.15, 0.2) is 0 Å². The number of benzene rings is 1. The van der Waals surface area contributed by atoms with Crippen molar-refractivity contribution in [1.82, 2.24) is 4.90 Å². The standard InChI is InChI=1S/C17H28N2/c1-4-19(11-15-6-5-7-15)12-17(18)16-9-8-13(2)14(3)10-16/h8-10,15,17H,4-7,11-12,18H2,1-3H3. The van der Waals surface area contributed by atoms with Crippen LogP contribution in [0.3, 0.4) is 0 Å². The molecule has 106 valence electrons. The highest BCUT2D eigenvalue weighted by Crippen LogP contribution is 2.27. The molecule has 1 fully saturated rings. The molecule has 0 spiro atoms. The number of likely N-dealkylation sites (N-methyl/N-ethyl adjacent to an activating group) is 1. The Labute approximate surface area is 118 Å². The Bertz CT molecular complexity index is 410. The van der Waals surface area contributed by atoms with Crippen molar-refractivity contribution < 1.29 is 0 Å². The summed E-state index contributed by atoms with van der Waals surface area (Å²) < 4.78 is 0. The molecule has 2 rings (SSSR count). The van der Waals surface area contributed by atoms with Gasteiger partial charge in [0.1, 0.15) is 0 Å². The van der Waals surface area contributed by atoms with Gasteiger partial charge in [-0.15, -0.1) is 0 Å². The van der Waals surface area contributed by atoms with Crippen LogP contribution in [0.15, 0.2) is 18.2 Å². The average Bonchev–Trinajstić information content (AvgIpc) is 2.35. The van der Waals surface area contributed by atoms with Gasteiger partial charge >= 0.3 is 0 Å². The van der Waals surface area contributed by atoms with E-state index in [4.69, 9.17) is 5.73 Å². The summed E-state index contributed by atoms with van der Waals surface area (Å²) in [7, 11) is 0. The zero-order valence-electron chi connectivity index (χ0n) is 12.7. The molecule has 1 unspecified atom stereocenters. The van der Waals surface area contributed by atoms with Crippen molar-refractivity contribution in [3.8, 4) is 0 Å². The van der Waals surface area contributed by atoms with Crippen LogP contribution in [-0.4, -0.2) is 24.5 Å². The highest BCUT2D eigenvalue weighted by molar-refractivity contribution is 5.31. The minimum Gasteiger partial charge on any atom is -0.323 e. The van der Waals surface area contributed by atoms with E-state index < -0.39 is 0 Å². The number of aryl methyl sites for hydroxylation is 2. The van der Waals surface area contributed by atoms with Crippen molar-refractivity contribution in [1.29, 1.82) is 0 Å². The maximum absolute atomic E-state index is 6.38. The Morgan fingerprint density at radius 2 is 2.00 bits per heavy atom. The Kier molecular flexibility index (Phi) is 5.00. The lowest BCUT2D eigenvalue weighted by molar-refractivity contribution is 0.176. The molecule has 0 heterocycles. The molecule has 1 aromatic rings. The first kappa shape index (κ1) is 14.5. The first-order chi connectivity index (χ1) is 9.10. The van der Waals surface area contributed by atoms with Crippen LogP contribution in [0.4, 0.5) is 0 Å². The van der Waals surface area contributed by atoms with Crippen molar-refractivity contribution in [3.05, 3.63) is 34.9 Å². The quantitative estimate of drug-likeness (QED) is 0.849. The van der Waals surface area contributed by atoms with E-state index in [2.05, 4.69) is 43.9 Å². The van der Waals surface area contributed by atoms with Gasteiger partial charge in [-0.25, -0.2) is 0 Å². The fourth-order valence-electron chi connectivity index (χ4n) is 2.75. The SMILES string of the molecule is CCN(CC1CCC1)CC(N)c1ccc(C)c(C)c1. The minimum atomic E-state index is 0.138. The molecule has 2 N–H and O–H groups in total. The molecule has 2 heteroatoms. The van der Waals surface area contributed by atoms with Gasteiger partial charge in [0, 0.05) is 19.1 Å². The molecule has 1 aromatic carbocycles. The second-order valence-corrected chi connectivity index (χ2v) is 6.10. The summed E-state index contributed by atoms with van der Waals surface area (Å²) in [5, 5.41) is 0. The third-order valence-electron chi connectivity index (χ3n) is 4.60. The summed E-state index contributed by atoms with van der Waals surface area (Å²) in [5.41, 5.74) is 10.3. The summed E-state index contributed by atoms with van der Waals surface area (Å²) in [4.78, 5) is 2.52. The first-order valence-corrected chi connectivity index (χ1v) is 7.65. The van der Waals surface area contributed by atoms with Crippen LogP contribution >= 0.6 is 0 Å². The normalized spacial score (nSPS) is 17.5. The third kappa shape index (κ3) is 3.80. The van der Waals surface area contributed by atoms with Gasteiger partial charge in [-0.3, -0.25) is 0 Å². The highest BCUT2D eigenvalue weighted by atomic mass is 15.1. The van der Waals surface area contributed by atoms with Gasteiger partial charge in [0.2, 0.25) is 0 Å². The molecule has 1 saturated carbocycles. The van der Waals surface area contributed by atoms with E-state index >= 15 is 0 Å². The molecule has 0 bridgehead atoms. The van der Waals surface area contributed by atoms with Gasteiger partial charge in [-0.1, -0.05) is 31.5 Å². The molecular formula is C17H28N2. The Morgan fingerprint density at radius 3 is 2.53 bits per heavy atom. The second-order valence-electron chi connectivity index (χ2n) is 6.10. The van der Waals surface area contributed by atoms with Crippen LogP contribution in [0, 0.1) is 19.8 Å². The molecule has 1 atom stereocenters. The minimum absolute atomic E-state index is 0.138.